The van der Waals surface area contributed by atoms with Crippen molar-refractivity contribution >= 4 is 0 Å². The molecule has 1 saturated heterocycles. The molecule has 0 saturated carbocycles. The summed E-state index contributed by atoms with van der Waals surface area (Å²) >= 11 is 0. The first-order valence-corrected chi connectivity index (χ1v) is 5.94. The van der Waals surface area contributed by atoms with Crippen LogP contribution in [0.4, 0.5) is 0 Å². The van der Waals surface area contributed by atoms with Gasteiger partial charge < -0.3 is 20.1 Å². The van der Waals surface area contributed by atoms with E-state index in [1.807, 2.05) is 18.2 Å². The molecular formula is C13H16O4. The maximum atomic E-state index is 10.2. The Morgan fingerprint density at radius 3 is 2.47 bits per heavy atom. The molecule has 1 aliphatic heterocycles. The van der Waals surface area contributed by atoms with Crippen LogP contribution in [0.15, 0.2) is 18.2 Å². The lowest BCUT2D eigenvalue weighted by molar-refractivity contribution is -0.0520. The van der Waals surface area contributed by atoms with Crippen LogP contribution in [-0.2, 0) is 17.6 Å². The lowest BCUT2D eigenvalue weighted by Gasteiger charge is -2.25. The van der Waals surface area contributed by atoms with Crippen LogP contribution in [0.3, 0.4) is 0 Å². The quantitative estimate of drug-likeness (QED) is 0.673. The number of aryl methyl sites for hydroxylation is 2. The molecule has 3 N–H and O–H groups in total. The first-order chi connectivity index (χ1) is 8.16. The van der Waals surface area contributed by atoms with E-state index in [1.54, 1.807) is 0 Å². The van der Waals surface area contributed by atoms with Crippen molar-refractivity contribution in [2.24, 2.45) is 0 Å². The molecule has 92 valence electrons. The summed E-state index contributed by atoms with van der Waals surface area (Å²) < 4.78 is 5.23. The lowest BCUT2D eigenvalue weighted by atomic mass is 9.85. The number of ether oxygens (including phenoxy) is 1. The molecule has 1 aromatic rings. The number of rotatable bonds is 2. The molecule has 1 aromatic carbocycles. The third-order valence-corrected chi connectivity index (χ3v) is 3.74. The van der Waals surface area contributed by atoms with Gasteiger partial charge in [0.2, 0.25) is 0 Å². The highest BCUT2D eigenvalue weighted by atomic mass is 16.5. The molecule has 1 aliphatic carbocycles. The molecule has 0 bridgehead atoms. The number of benzene rings is 1. The third kappa shape index (κ3) is 1.77. The van der Waals surface area contributed by atoms with Crippen LogP contribution in [0.5, 0.6) is 0 Å². The highest BCUT2D eigenvalue weighted by molar-refractivity contribution is 5.39. The zero-order valence-electron chi connectivity index (χ0n) is 9.41. The maximum absolute atomic E-state index is 10.2. The minimum Gasteiger partial charge on any atom is -0.388 e. The fraction of sp³-hybridized carbons (Fsp3) is 0.538. The molecule has 1 fully saturated rings. The summed E-state index contributed by atoms with van der Waals surface area (Å²) in [6, 6.07) is 5.84. The minimum absolute atomic E-state index is 0.0772. The molecule has 17 heavy (non-hydrogen) atoms. The van der Waals surface area contributed by atoms with E-state index in [-0.39, 0.29) is 6.61 Å². The second-order valence-corrected chi connectivity index (χ2v) is 4.83. The zero-order chi connectivity index (χ0) is 12.0. The monoisotopic (exact) mass is 236 g/mol. The molecule has 0 amide bonds. The van der Waals surface area contributed by atoms with E-state index < -0.39 is 24.4 Å². The van der Waals surface area contributed by atoms with Crippen LogP contribution in [0.25, 0.3) is 0 Å². The second-order valence-electron chi connectivity index (χ2n) is 4.83. The molecule has 0 radical (unpaired) electrons. The van der Waals surface area contributed by atoms with Gasteiger partial charge in [0, 0.05) is 0 Å². The number of hydrogen-bond donors (Lipinski definition) is 3. The van der Waals surface area contributed by atoms with Gasteiger partial charge in [0.15, 0.2) is 0 Å². The Balaban J connectivity index is 1.81. The number of aliphatic hydroxyl groups excluding tert-OH is 3. The van der Waals surface area contributed by atoms with E-state index in [0.717, 1.165) is 18.4 Å². The molecule has 0 aromatic heterocycles. The third-order valence-electron chi connectivity index (χ3n) is 3.74. The van der Waals surface area contributed by atoms with Crippen molar-refractivity contribution in [3.8, 4) is 0 Å². The van der Waals surface area contributed by atoms with Gasteiger partial charge in [-0.1, -0.05) is 18.2 Å². The van der Waals surface area contributed by atoms with Crippen LogP contribution in [-0.4, -0.2) is 40.2 Å². The Kier molecular flexibility index (Phi) is 2.67. The Hall–Kier alpha value is -0.940. The number of hydrogen-bond acceptors (Lipinski definition) is 4. The zero-order valence-corrected chi connectivity index (χ0v) is 9.41. The molecule has 2 aliphatic rings. The van der Waals surface area contributed by atoms with Gasteiger partial charge in [0.1, 0.15) is 24.4 Å². The predicted molar refractivity (Wildman–Crippen MR) is 60.6 cm³/mol. The van der Waals surface area contributed by atoms with Crippen molar-refractivity contribution in [3.63, 3.8) is 0 Å². The van der Waals surface area contributed by atoms with Crippen LogP contribution in [0, 0.1) is 0 Å². The normalized spacial score (nSPS) is 33.0. The Labute approximate surface area is 99.5 Å². The molecule has 4 unspecified atom stereocenters. The van der Waals surface area contributed by atoms with Gasteiger partial charge in [0.25, 0.3) is 0 Å². The standard InChI is InChI=1S/C13H16O4/c14-10-6-17-13(12(10)16)11(15)9-4-2-7-1-3-8(7)5-9/h2,4-5,10-16H,1,3,6H2. The largest absolute Gasteiger partial charge is 0.388 e. The van der Waals surface area contributed by atoms with Crippen LogP contribution < -0.4 is 0 Å². The lowest BCUT2D eigenvalue weighted by Crippen LogP contribution is -2.34. The van der Waals surface area contributed by atoms with Gasteiger partial charge in [-0.25, -0.2) is 0 Å². The van der Waals surface area contributed by atoms with Crippen LogP contribution in [0.1, 0.15) is 22.8 Å². The van der Waals surface area contributed by atoms with Gasteiger partial charge >= 0.3 is 0 Å². The van der Waals surface area contributed by atoms with Crippen molar-refractivity contribution in [2.45, 2.75) is 37.3 Å². The van der Waals surface area contributed by atoms with Gasteiger partial charge in [-0.05, 0) is 29.5 Å². The average Bonchev–Trinajstić information content (AvgIpc) is 2.61. The minimum atomic E-state index is -1.02. The van der Waals surface area contributed by atoms with Crippen molar-refractivity contribution in [1.29, 1.82) is 0 Å². The summed E-state index contributed by atoms with van der Waals surface area (Å²) in [5.41, 5.74) is 3.34. The predicted octanol–water partition coefficient (Wildman–Crippen LogP) is -0.0608. The molecule has 4 heteroatoms. The van der Waals surface area contributed by atoms with Crippen LogP contribution in [0.2, 0.25) is 0 Å². The summed E-state index contributed by atoms with van der Waals surface area (Å²) in [5.74, 6) is 0. The van der Waals surface area contributed by atoms with Gasteiger partial charge in [-0.15, -0.1) is 0 Å². The van der Waals surface area contributed by atoms with Gasteiger partial charge in [-0.3, -0.25) is 0 Å². The molecule has 4 atom stereocenters. The van der Waals surface area contributed by atoms with E-state index in [2.05, 4.69) is 0 Å². The first-order valence-electron chi connectivity index (χ1n) is 5.94. The molecule has 3 rings (SSSR count). The smallest absolute Gasteiger partial charge is 0.116 e. The number of fused-ring (bicyclic) bond motifs is 1. The Morgan fingerprint density at radius 1 is 1.18 bits per heavy atom. The average molecular weight is 236 g/mol. The highest BCUT2D eigenvalue weighted by Gasteiger charge is 2.39. The van der Waals surface area contributed by atoms with E-state index in [9.17, 15) is 15.3 Å². The topological polar surface area (TPSA) is 69.9 Å². The molecule has 4 nitrogen and oxygen atoms in total. The molecule has 1 heterocycles. The Bertz CT molecular complexity index is 431. The first kappa shape index (κ1) is 11.2. The SMILES string of the molecule is OC1COC(C(O)c2ccc3c(c2)CC3)C1O. The van der Waals surface area contributed by atoms with Crippen molar-refractivity contribution in [1.82, 2.24) is 0 Å². The summed E-state index contributed by atoms with van der Waals surface area (Å²) in [5, 5.41) is 29.2. The van der Waals surface area contributed by atoms with Gasteiger partial charge in [0.05, 0.1) is 6.61 Å². The summed E-state index contributed by atoms with van der Waals surface area (Å²) in [4.78, 5) is 0. The Morgan fingerprint density at radius 2 is 1.94 bits per heavy atom. The van der Waals surface area contributed by atoms with E-state index in [1.165, 1.54) is 11.1 Å². The van der Waals surface area contributed by atoms with E-state index >= 15 is 0 Å². The van der Waals surface area contributed by atoms with E-state index in [0.29, 0.717) is 0 Å². The van der Waals surface area contributed by atoms with E-state index in [4.69, 9.17) is 4.74 Å². The van der Waals surface area contributed by atoms with Crippen molar-refractivity contribution in [3.05, 3.63) is 34.9 Å². The number of aliphatic hydroxyl groups is 3. The summed E-state index contributed by atoms with van der Waals surface area (Å²) in [6.45, 7) is 0.0772. The van der Waals surface area contributed by atoms with Gasteiger partial charge in [-0.2, -0.15) is 0 Å². The summed E-state index contributed by atoms with van der Waals surface area (Å²) in [6.07, 6.45) is -1.38. The van der Waals surface area contributed by atoms with Crippen molar-refractivity contribution in [2.75, 3.05) is 6.61 Å². The fourth-order valence-electron chi connectivity index (χ4n) is 2.49. The second kappa shape index (κ2) is 4.07. The van der Waals surface area contributed by atoms with Crippen LogP contribution >= 0.6 is 0 Å². The summed E-state index contributed by atoms with van der Waals surface area (Å²) in [7, 11) is 0. The molecule has 0 spiro atoms. The molecular weight excluding hydrogens is 220 g/mol. The highest BCUT2D eigenvalue weighted by Crippen LogP contribution is 2.31. The fourth-order valence-corrected chi connectivity index (χ4v) is 2.49. The van der Waals surface area contributed by atoms with Crippen molar-refractivity contribution < 1.29 is 20.1 Å². The maximum Gasteiger partial charge on any atom is 0.116 e.